The fraction of sp³-hybridized carbons (Fsp3) is 1.00. The van der Waals surface area contributed by atoms with Crippen LogP contribution in [0.4, 0.5) is 0 Å². The van der Waals surface area contributed by atoms with Crippen molar-refractivity contribution in [3.8, 4) is 0 Å². The quantitative estimate of drug-likeness (QED) is 0.806. The van der Waals surface area contributed by atoms with Crippen LogP contribution in [0.1, 0.15) is 27.2 Å². The summed E-state index contributed by atoms with van der Waals surface area (Å²) in [6, 6.07) is -0.109. The molecule has 1 fully saturated rings. The van der Waals surface area contributed by atoms with Gasteiger partial charge in [-0.15, -0.1) is 0 Å². The molecule has 108 valence electrons. The second kappa shape index (κ2) is 5.45. The number of aliphatic hydroxyl groups excluding tert-OH is 1. The van der Waals surface area contributed by atoms with Gasteiger partial charge >= 0.3 is 0 Å². The topological polar surface area (TPSA) is 60.9 Å². The van der Waals surface area contributed by atoms with E-state index >= 15 is 0 Å². The monoisotopic (exact) mass is 278 g/mol. The van der Waals surface area contributed by atoms with Gasteiger partial charge in [0.15, 0.2) is 0 Å². The highest BCUT2D eigenvalue weighted by Gasteiger charge is 2.40. The lowest BCUT2D eigenvalue weighted by Crippen LogP contribution is -2.44. The van der Waals surface area contributed by atoms with Crippen molar-refractivity contribution in [3.63, 3.8) is 0 Å². The van der Waals surface area contributed by atoms with Crippen molar-refractivity contribution < 1.29 is 13.5 Å². The van der Waals surface area contributed by atoms with Crippen LogP contribution in [0.3, 0.4) is 0 Å². The summed E-state index contributed by atoms with van der Waals surface area (Å²) >= 11 is 0. The zero-order valence-electron chi connectivity index (χ0n) is 12.0. The fourth-order valence-corrected chi connectivity index (χ4v) is 4.69. The molecule has 1 saturated heterocycles. The molecule has 0 bridgehead atoms. The highest BCUT2D eigenvalue weighted by molar-refractivity contribution is 7.89. The first-order valence-electron chi connectivity index (χ1n) is 6.33. The van der Waals surface area contributed by atoms with Crippen LogP contribution in [0, 0.1) is 5.41 Å². The van der Waals surface area contributed by atoms with Crippen LogP contribution < -0.4 is 0 Å². The normalized spacial score (nSPS) is 27.1. The molecule has 0 aromatic carbocycles. The molecule has 2 unspecified atom stereocenters. The van der Waals surface area contributed by atoms with Gasteiger partial charge in [-0.05, 0) is 25.9 Å². The minimum Gasteiger partial charge on any atom is -0.392 e. The molecule has 18 heavy (non-hydrogen) atoms. The van der Waals surface area contributed by atoms with Crippen LogP contribution in [-0.4, -0.2) is 67.8 Å². The van der Waals surface area contributed by atoms with Crippen LogP contribution in [0.15, 0.2) is 0 Å². The second-order valence-corrected chi connectivity index (χ2v) is 8.61. The van der Waals surface area contributed by atoms with Crippen LogP contribution in [0.25, 0.3) is 0 Å². The van der Waals surface area contributed by atoms with Gasteiger partial charge in [-0.2, -0.15) is 4.31 Å². The molecule has 0 aromatic heterocycles. The largest absolute Gasteiger partial charge is 0.392 e. The Bertz CT molecular complexity index is 373. The van der Waals surface area contributed by atoms with Crippen LogP contribution in [0.5, 0.6) is 0 Å². The van der Waals surface area contributed by atoms with E-state index in [1.807, 2.05) is 39.8 Å². The SMILES string of the molecule is CN(C)CC1CC(O)CN1S(=O)(=O)CC(C)(C)C. The number of sulfonamides is 1. The molecule has 0 aromatic rings. The summed E-state index contributed by atoms with van der Waals surface area (Å²) in [6.07, 6.45) is -0.00800. The third-order valence-electron chi connectivity index (χ3n) is 2.89. The van der Waals surface area contributed by atoms with Crippen molar-refractivity contribution >= 4 is 10.0 Å². The zero-order valence-corrected chi connectivity index (χ0v) is 12.9. The Morgan fingerprint density at radius 2 is 1.89 bits per heavy atom. The first-order chi connectivity index (χ1) is 8.01. The van der Waals surface area contributed by atoms with Crippen molar-refractivity contribution in [2.24, 2.45) is 5.41 Å². The predicted octanol–water partition coefficient (Wildman–Crippen LogP) is 0.359. The van der Waals surface area contributed by atoms with E-state index in [1.54, 1.807) is 0 Å². The number of likely N-dealkylation sites (N-methyl/N-ethyl adjacent to an activating group) is 1. The molecule has 1 aliphatic heterocycles. The average molecular weight is 278 g/mol. The van der Waals surface area contributed by atoms with Gasteiger partial charge in [-0.25, -0.2) is 8.42 Å². The van der Waals surface area contributed by atoms with E-state index in [2.05, 4.69) is 0 Å². The molecule has 0 radical (unpaired) electrons. The van der Waals surface area contributed by atoms with Gasteiger partial charge in [0.25, 0.3) is 0 Å². The van der Waals surface area contributed by atoms with Gasteiger partial charge in [-0.1, -0.05) is 20.8 Å². The summed E-state index contributed by atoms with van der Waals surface area (Å²) in [4.78, 5) is 1.96. The minimum absolute atomic E-state index is 0.109. The first kappa shape index (κ1) is 15.9. The van der Waals surface area contributed by atoms with Crippen molar-refractivity contribution in [2.45, 2.75) is 39.3 Å². The molecule has 0 spiro atoms. The predicted molar refractivity (Wildman–Crippen MR) is 72.9 cm³/mol. The Morgan fingerprint density at radius 1 is 1.33 bits per heavy atom. The number of hydrogen-bond acceptors (Lipinski definition) is 4. The van der Waals surface area contributed by atoms with E-state index in [0.717, 1.165) is 0 Å². The lowest BCUT2D eigenvalue weighted by molar-refractivity contribution is 0.188. The zero-order chi connectivity index (χ0) is 14.1. The first-order valence-corrected chi connectivity index (χ1v) is 7.94. The average Bonchev–Trinajstić information content (AvgIpc) is 2.41. The molecule has 1 heterocycles. The summed E-state index contributed by atoms with van der Waals surface area (Å²) in [7, 11) is 0.533. The number of hydrogen-bond donors (Lipinski definition) is 1. The highest BCUT2D eigenvalue weighted by Crippen LogP contribution is 2.26. The summed E-state index contributed by atoms with van der Waals surface area (Å²) in [6.45, 7) is 6.63. The highest BCUT2D eigenvalue weighted by atomic mass is 32.2. The molecule has 0 amide bonds. The molecule has 0 saturated carbocycles. The van der Waals surface area contributed by atoms with E-state index in [0.29, 0.717) is 13.0 Å². The maximum atomic E-state index is 12.4. The molecular weight excluding hydrogens is 252 g/mol. The molecule has 6 heteroatoms. The van der Waals surface area contributed by atoms with Crippen molar-refractivity contribution in [3.05, 3.63) is 0 Å². The third kappa shape index (κ3) is 4.50. The maximum absolute atomic E-state index is 12.4. The van der Waals surface area contributed by atoms with Crippen molar-refractivity contribution in [2.75, 3.05) is 32.9 Å². The lowest BCUT2D eigenvalue weighted by atomic mass is 10.0. The van der Waals surface area contributed by atoms with E-state index in [4.69, 9.17) is 0 Å². The van der Waals surface area contributed by atoms with Crippen LogP contribution >= 0.6 is 0 Å². The number of aliphatic hydroxyl groups is 1. The molecular formula is C12H26N2O3S. The summed E-state index contributed by atoms with van der Waals surface area (Å²) in [5.41, 5.74) is -0.269. The van der Waals surface area contributed by atoms with Gasteiger partial charge in [0.2, 0.25) is 10.0 Å². The minimum atomic E-state index is -3.30. The second-order valence-electron chi connectivity index (χ2n) is 6.69. The smallest absolute Gasteiger partial charge is 0.215 e. The Balaban J connectivity index is 2.85. The lowest BCUT2D eigenvalue weighted by Gasteiger charge is -2.29. The molecule has 5 nitrogen and oxygen atoms in total. The third-order valence-corrected chi connectivity index (χ3v) is 5.28. The standard InChI is InChI=1S/C12H26N2O3S/c1-12(2,3)9-18(16,17)14-8-11(15)6-10(14)7-13(4)5/h10-11,15H,6-9H2,1-5H3. The van der Waals surface area contributed by atoms with E-state index in [1.165, 1.54) is 4.31 Å². The van der Waals surface area contributed by atoms with Gasteiger partial charge in [0.1, 0.15) is 0 Å². The molecule has 1 rings (SSSR count). The van der Waals surface area contributed by atoms with E-state index in [-0.39, 0.29) is 23.8 Å². The van der Waals surface area contributed by atoms with Gasteiger partial charge < -0.3 is 10.0 Å². The van der Waals surface area contributed by atoms with Crippen LogP contribution in [0.2, 0.25) is 0 Å². The number of β-amino-alcohol motifs (C(OH)–C–C–N with tert-alkyl or cyclic N) is 1. The van der Waals surface area contributed by atoms with Gasteiger partial charge in [-0.3, -0.25) is 0 Å². The maximum Gasteiger partial charge on any atom is 0.215 e. The Hall–Kier alpha value is -0.170. The molecule has 1 aliphatic rings. The molecule has 0 aliphatic carbocycles. The van der Waals surface area contributed by atoms with Gasteiger partial charge in [0, 0.05) is 19.1 Å². The Labute approximate surface area is 111 Å². The fourth-order valence-electron chi connectivity index (χ4n) is 2.42. The summed E-state index contributed by atoms with van der Waals surface area (Å²) < 4.78 is 26.3. The molecule has 2 atom stereocenters. The molecule has 1 N–H and O–H groups in total. The van der Waals surface area contributed by atoms with Gasteiger partial charge in [0.05, 0.1) is 11.9 Å². The summed E-state index contributed by atoms with van der Waals surface area (Å²) in [5.74, 6) is 0.122. The summed E-state index contributed by atoms with van der Waals surface area (Å²) in [5, 5.41) is 9.72. The Morgan fingerprint density at radius 3 is 2.33 bits per heavy atom. The van der Waals surface area contributed by atoms with E-state index < -0.39 is 16.1 Å². The van der Waals surface area contributed by atoms with Crippen LogP contribution in [-0.2, 0) is 10.0 Å². The van der Waals surface area contributed by atoms with Crippen molar-refractivity contribution in [1.29, 1.82) is 0 Å². The van der Waals surface area contributed by atoms with E-state index in [9.17, 15) is 13.5 Å². The Kier molecular flexibility index (Phi) is 4.81. The number of rotatable bonds is 4. The van der Waals surface area contributed by atoms with Crippen molar-refractivity contribution in [1.82, 2.24) is 9.21 Å². The number of nitrogens with zero attached hydrogens (tertiary/aromatic N) is 2.